The molecule has 0 aliphatic heterocycles. The second-order valence-electron chi connectivity index (χ2n) is 4.95. The number of nitrogens with one attached hydrogen (secondary N) is 1. The summed E-state index contributed by atoms with van der Waals surface area (Å²) in [6.45, 7) is 7.87. The van der Waals surface area contributed by atoms with Crippen LogP contribution in [0.3, 0.4) is 0 Å². The summed E-state index contributed by atoms with van der Waals surface area (Å²) in [7, 11) is 0. The van der Waals surface area contributed by atoms with Gasteiger partial charge in [0.1, 0.15) is 0 Å². The van der Waals surface area contributed by atoms with Crippen molar-refractivity contribution >= 4 is 16.9 Å². The van der Waals surface area contributed by atoms with Crippen molar-refractivity contribution in [2.45, 2.75) is 40.0 Å². The van der Waals surface area contributed by atoms with Crippen LogP contribution in [0.5, 0.6) is 0 Å². The molecule has 0 radical (unpaired) electrons. The van der Waals surface area contributed by atoms with Crippen LogP contribution in [0.25, 0.3) is 10.9 Å². The van der Waals surface area contributed by atoms with Crippen molar-refractivity contribution in [3.63, 3.8) is 0 Å². The Balaban J connectivity index is 2.77. The van der Waals surface area contributed by atoms with E-state index in [0.717, 1.165) is 33.3 Å². The molecule has 3 heteroatoms. The van der Waals surface area contributed by atoms with Gasteiger partial charge in [-0.1, -0.05) is 18.6 Å². The first-order chi connectivity index (χ1) is 8.45. The van der Waals surface area contributed by atoms with E-state index in [1.807, 2.05) is 33.8 Å². The summed E-state index contributed by atoms with van der Waals surface area (Å²) in [5, 5.41) is 12.3. The number of hydrogen-bond donors (Lipinski definition) is 1. The maximum absolute atomic E-state index is 11.3. The highest BCUT2D eigenvalue weighted by Gasteiger charge is 2.19. The van der Waals surface area contributed by atoms with E-state index in [9.17, 15) is 9.90 Å². The molecule has 2 rings (SSSR count). The first-order valence-corrected chi connectivity index (χ1v) is 6.26. The van der Waals surface area contributed by atoms with Crippen molar-refractivity contribution in [1.82, 2.24) is 4.98 Å². The Bertz CT molecular complexity index is 610. The Morgan fingerprint density at radius 3 is 2.56 bits per heavy atom. The van der Waals surface area contributed by atoms with Crippen LogP contribution in [0.15, 0.2) is 12.1 Å². The lowest BCUT2D eigenvalue weighted by Gasteiger charge is -2.17. The molecule has 3 nitrogen and oxygen atoms in total. The molecule has 0 amide bonds. The minimum Gasteiger partial charge on any atom is -0.549 e. The second kappa shape index (κ2) is 4.48. The summed E-state index contributed by atoms with van der Waals surface area (Å²) in [4.78, 5) is 14.6. The number of carboxylic acids is 1. The van der Waals surface area contributed by atoms with Gasteiger partial charge < -0.3 is 14.9 Å². The molecule has 1 aromatic heterocycles. The quantitative estimate of drug-likeness (QED) is 0.901. The number of aromatic amines is 1. The largest absolute Gasteiger partial charge is 0.549 e. The fourth-order valence-corrected chi connectivity index (χ4v) is 2.74. The number of benzene rings is 1. The van der Waals surface area contributed by atoms with Crippen LogP contribution in [-0.2, 0) is 4.79 Å². The lowest BCUT2D eigenvalue weighted by Crippen LogP contribution is -2.29. The van der Waals surface area contributed by atoms with E-state index in [2.05, 4.69) is 11.1 Å². The predicted molar refractivity (Wildman–Crippen MR) is 70.5 cm³/mol. The van der Waals surface area contributed by atoms with Crippen molar-refractivity contribution in [3.05, 3.63) is 34.5 Å². The van der Waals surface area contributed by atoms with Crippen LogP contribution in [0.1, 0.15) is 41.6 Å². The molecule has 1 N–H and O–H groups in total. The maximum Gasteiger partial charge on any atom is 0.0490 e. The minimum absolute atomic E-state index is 0.542. The summed E-state index contributed by atoms with van der Waals surface area (Å²) in [6.07, 6.45) is 0.545. The van der Waals surface area contributed by atoms with Crippen LogP contribution in [-0.4, -0.2) is 11.0 Å². The van der Waals surface area contributed by atoms with Crippen molar-refractivity contribution in [3.8, 4) is 0 Å². The van der Waals surface area contributed by atoms with E-state index < -0.39 is 11.9 Å². The zero-order valence-electron chi connectivity index (χ0n) is 11.3. The third kappa shape index (κ3) is 1.90. The summed E-state index contributed by atoms with van der Waals surface area (Å²) in [5.41, 5.74) is 5.13. The van der Waals surface area contributed by atoms with Crippen molar-refractivity contribution < 1.29 is 9.90 Å². The Hall–Kier alpha value is -1.77. The van der Waals surface area contributed by atoms with E-state index in [4.69, 9.17) is 0 Å². The van der Waals surface area contributed by atoms with Gasteiger partial charge in [0.05, 0.1) is 0 Å². The number of rotatable bonds is 3. The van der Waals surface area contributed by atoms with Crippen LogP contribution < -0.4 is 5.11 Å². The smallest absolute Gasteiger partial charge is 0.0490 e. The number of fused-ring (bicyclic) bond motifs is 1. The molecule has 2 aromatic rings. The Morgan fingerprint density at radius 1 is 1.33 bits per heavy atom. The number of aryl methyl sites for hydroxylation is 3. The van der Waals surface area contributed by atoms with Gasteiger partial charge in [-0.3, -0.25) is 0 Å². The molecular weight excluding hydrogens is 226 g/mol. The van der Waals surface area contributed by atoms with E-state index in [1.54, 1.807) is 0 Å². The van der Waals surface area contributed by atoms with Crippen molar-refractivity contribution in [1.29, 1.82) is 0 Å². The highest BCUT2D eigenvalue weighted by molar-refractivity contribution is 5.92. The van der Waals surface area contributed by atoms with Crippen LogP contribution >= 0.6 is 0 Å². The number of carboxylic acid groups (broad SMARTS) is 1. The average Bonchev–Trinajstić information content (AvgIpc) is 2.58. The fourth-order valence-electron chi connectivity index (χ4n) is 2.74. The van der Waals surface area contributed by atoms with Gasteiger partial charge in [0.2, 0.25) is 0 Å². The maximum atomic E-state index is 11.3. The number of aliphatic carboxylic acids is 1. The molecule has 96 valence electrons. The predicted octanol–water partition coefficient (Wildman–Crippen LogP) is 2.34. The molecule has 1 heterocycles. The summed E-state index contributed by atoms with van der Waals surface area (Å²) in [5.74, 6) is -1.54. The molecule has 0 aliphatic carbocycles. The molecule has 0 fully saturated rings. The lowest BCUT2D eigenvalue weighted by atomic mass is 9.92. The number of hydrogen-bond acceptors (Lipinski definition) is 2. The Morgan fingerprint density at radius 2 is 2.00 bits per heavy atom. The van der Waals surface area contributed by atoms with E-state index in [1.165, 1.54) is 0 Å². The van der Waals surface area contributed by atoms with E-state index in [0.29, 0.717) is 6.42 Å². The molecule has 18 heavy (non-hydrogen) atoms. The topological polar surface area (TPSA) is 55.9 Å². The molecule has 0 saturated heterocycles. The zero-order valence-corrected chi connectivity index (χ0v) is 11.3. The molecule has 1 unspecified atom stereocenters. The summed E-state index contributed by atoms with van der Waals surface area (Å²) in [6, 6.07) is 4.15. The molecule has 0 saturated carbocycles. The Kier molecular flexibility index (Phi) is 3.16. The van der Waals surface area contributed by atoms with Crippen LogP contribution in [0.2, 0.25) is 0 Å². The lowest BCUT2D eigenvalue weighted by molar-refractivity contribution is -0.308. The van der Waals surface area contributed by atoms with Gasteiger partial charge in [0.15, 0.2) is 0 Å². The molecule has 0 spiro atoms. The molecule has 0 bridgehead atoms. The molecule has 1 atom stereocenters. The monoisotopic (exact) mass is 244 g/mol. The first-order valence-electron chi connectivity index (χ1n) is 6.26. The number of carbonyl (C=O) groups is 1. The van der Waals surface area contributed by atoms with Gasteiger partial charge in [-0.2, -0.15) is 0 Å². The van der Waals surface area contributed by atoms with Gasteiger partial charge >= 0.3 is 0 Å². The fraction of sp³-hybridized carbons (Fsp3) is 0.400. The van der Waals surface area contributed by atoms with Gasteiger partial charge in [-0.25, -0.2) is 0 Å². The Labute approximate surface area is 107 Å². The third-order valence-electron chi connectivity index (χ3n) is 3.53. The van der Waals surface area contributed by atoms with Crippen LogP contribution in [0.4, 0.5) is 0 Å². The van der Waals surface area contributed by atoms with Crippen LogP contribution in [0, 0.1) is 20.8 Å². The number of aromatic nitrogens is 1. The SMILES string of the molecule is CCC(C(=O)[O-])c1c(C)[nH]c2c(C)cc(C)cc12. The minimum atomic E-state index is -0.999. The molecular formula is C15H18NO2-. The van der Waals surface area contributed by atoms with Gasteiger partial charge in [0, 0.05) is 28.5 Å². The second-order valence-corrected chi connectivity index (χ2v) is 4.95. The highest BCUT2D eigenvalue weighted by Crippen LogP contribution is 2.33. The highest BCUT2D eigenvalue weighted by atomic mass is 16.4. The van der Waals surface area contributed by atoms with Crippen molar-refractivity contribution in [2.24, 2.45) is 0 Å². The first kappa shape index (κ1) is 12.7. The average molecular weight is 244 g/mol. The van der Waals surface area contributed by atoms with Gasteiger partial charge in [-0.05, 0) is 44.4 Å². The summed E-state index contributed by atoms with van der Waals surface area (Å²) < 4.78 is 0. The molecule has 0 aliphatic rings. The van der Waals surface area contributed by atoms with E-state index in [-0.39, 0.29) is 0 Å². The third-order valence-corrected chi connectivity index (χ3v) is 3.53. The number of carbonyl (C=O) groups excluding carboxylic acids is 1. The van der Waals surface area contributed by atoms with Crippen molar-refractivity contribution in [2.75, 3.05) is 0 Å². The van der Waals surface area contributed by atoms with E-state index >= 15 is 0 Å². The summed E-state index contributed by atoms with van der Waals surface area (Å²) >= 11 is 0. The normalized spacial score (nSPS) is 12.9. The molecule has 1 aromatic carbocycles. The standard InChI is InChI=1S/C15H19NO2/c1-5-11(15(17)18)13-10(4)16-14-9(3)6-8(2)7-12(13)14/h6-7,11,16H,5H2,1-4H3,(H,17,18)/p-1. The zero-order chi connectivity index (χ0) is 13.4. The van der Waals surface area contributed by atoms with Gasteiger partial charge in [-0.15, -0.1) is 0 Å². The number of H-pyrrole nitrogens is 1. The van der Waals surface area contributed by atoms with Gasteiger partial charge in [0.25, 0.3) is 0 Å².